The molecular formula is C11H11F3O3. The minimum atomic E-state index is -5.14. The van der Waals surface area contributed by atoms with E-state index in [0.717, 1.165) is 12.1 Å². The van der Waals surface area contributed by atoms with E-state index in [-0.39, 0.29) is 6.61 Å². The van der Waals surface area contributed by atoms with Crippen molar-refractivity contribution >= 4 is 5.97 Å². The Morgan fingerprint density at radius 1 is 1.29 bits per heavy atom. The summed E-state index contributed by atoms with van der Waals surface area (Å²) in [5, 5.41) is 9.62. The zero-order chi connectivity index (χ0) is 13.1. The van der Waals surface area contributed by atoms with Crippen LogP contribution < -0.4 is 0 Å². The largest absolute Gasteiger partial charge is 0.463 e. The first-order valence-electron chi connectivity index (χ1n) is 4.86. The molecule has 0 saturated carbocycles. The predicted octanol–water partition coefficient (Wildman–Crippen LogP) is 2.00. The maximum absolute atomic E-state index is 12.8. The predicted molar refractivity (Wildman–Crippen MR) is 53.0 cm³/mol. The van der Waals surface area contributed by atoms with Crippen molar-refractivity contribution in [3.8, 4) is 0 Å². The van der Waals surface area contributed by atoms with Gasteiger partial charge in [-0.05, 0) is 6.92 Å². The highest BCUT2D eigenvalue weighted by Gasteiger charge is 2.62. The number of ether oxygens (including phenoxy) is 1. The molecule has 6 heteroatoms. The number of carbonyl (C=O) groups excluding carboxylic acids is 1. The molecule has 0 saturated heterocycles. The molecule has 3 nitrogen and oxygen atoms in total. The lowest BCUT2D eigenvalue weighted by Crippen LogP contribution is -2.50. The number of rotatable bonds is 3. The Labute approximate surface area is 95.8 Å². The lowest BCUT2D eigenvalue weighted by Gasteiger charge is -2.28. The third-order valence-electron chi connectivity index (χ3n) is 2.17. The average molecular weight is 248 g/mol. The Kier molecular flexibility index (Phi) is 3.77. The fourth-order valence-electron chi connectivity index (χ4n) is 1.31. The highest BCUT2D eigenvalue weighted by atomic mass is 19.4. The lowest BCUT2D eigenvalue weighted by molar-refractivity contribution is -0.267. The number of aliphatic hydroxyl groups is 1. The first-order chi connectivity index (χ1) is 7.84. The van der Waals surface area contributed by atoms with Gasteiger partial charge in [0.25, 0.3) is 5.60 Å². The Bertz CT molecular complexity index is 389. The maximum atomic E-state index is 12.8. The minimum absolute atomic E-state index is 0.246. The van der Waals surface area contributed by atoms with Gasteiger partial charge in [0.1, 0.15) is 0 Å². The summed E-state index contributed by atoms with van der Waals surface area (Å²) in [6.45, 7) is 1.11. The number of carbonyl (C=O) groups is 1. The van der Waals surface area contributed by atoms with Crippen LogP contribution in [0.25, 0.3) is 0 Å². The minimum Gasteiger partial charge on any atom is -0.463 e. The van der Waals surface area contributed by atoms with E-state index in [1.165, 1.54) is 25.1 Å². The highest BCUT2D eigenvalue weighted by Crippen LogP contribution is 2.39. The van der Waals surface area contributed by atoms with Gasteiger partial charge in [0, 0.05) is 5.56 Å². The number of hydrogen-bond donors (Lipinski definition) is 1. The molecule has 1 unspecified atom stereocenters. The maximum Gasteiger partial charge on any atom is 0.432 e. The summed E-state index contributed by atoms with van der Waals surface area (Å²) in [5.41, 5.74) is -4.18. The van der Waals surface area contributed by atoms with Crippen molar-refractivity contribution in [1.29, 1.82) is 0 Å². The fraction of sp³-hybridized carbons (Fsp3) is 0.364. The quantitative estimate of drug-likeness (QED) is 0.832. The molecule has 1 aromatic rings. The zero-order valence-electron chi connectivity index (χ0n) is 8.99. The van der Waals surface area contributed by atoms with Gasteiger partial charge in [-0.2, -0.15) is 13.2 Å². The molecule has 0 aliphatic rings. The van der Waals surface area contributed by atoms with Crippen LogP contribution in [0.4, 0.5) is 13.2 Å². The Hall–Kier alpha value is -1.56. The molecule has 94 valence electrons. The van der Waals surface area contributed by atoms with Crippen LogP contribution in [0, 0.1) is 0 Å². The standard InChI is InChI=1S/C11H11F3O3/c1-2-17-9(15)10(16,11(12,13)14)8-6-4-3-5-7-8/h3-7,16H,2H2,1H3. The van der Waals surface area contributed by atoms with Crippen LogP contribution in [-0.4, -0.2) is 23.9 Å². The molecule has 0 bridgehead atoms. The van der Waals surface area contributed by atoms with Crippen LogP contribution >= 0.6 is 0 Å². The van der Waals surface area contributed by atoms with E-state index in [1.807, 2.05) is 0 Å². The van der Waals surface area contributed by atoms with Gasteiger partial charge < -0.3 is 9.84 Å². The van der Waals surface area contributed by atoms with Gasteiger partial charge >= 0.3 is 12.1 Å². The van der Waals surface area contributed by atoms with Crippen molar-refractivity contribution in [3.63, 3.8) is 0 Å². The van der Waals surface area contributed by atoms with Crippen LogP contribution in [0.3, 0.4) is 0 Å². The van der Waals surface area contributed by atoms with Crippen molar-refractivity contribution in [1.82, 2.24) is 0 Å². The van der Waals surface area contributed by atoms with Gasteiger partial charge in [-0.3, -0.25) is 0 Å². The lowest BCUT2D eigenvalue weighted by atomic mass is 9.93. The molecule has 0 spiro atoms. The van der Waals surface area contributed by atoms with Gasteiger partial charge in [-0.1, -0.05) is 30.3 Å². The Morgan fingerprint density at radius 2 is 1.82 bits per heavy atom. The van der Waals surface area contributed by atoms with Gasteiger partial charge in [-0.25, -0.2) is 4.79 Å². The number of benzene rings is 1. The SMILES string of the molecule is CCOC(=O)C(O)(c1ccccc1)C(F)(F)F. The fourth-order valence-corrected chi connectivity index (χ4v) is 1.31. The monoisotopic (exact) mass is 248 g/mol. The normalized spacial score (nSPS) is 15.1. The second-order valence-corrected chi connectivity index (χ2v) is 3.29. The third-order valence-corrected chi connectivity index (χ3v) is 2.17. The van der Waals surface area contributed by atoms with Crippen LogP contribution in [0.2, 0.25) is 0 Å². The van der Waals surface area contributed by atoms with Crippen molar-refractivity contribution in [2.75, 3.05) is 6.61 Å². The van der Waals surface area contributed by atoms with E-state index >= 15 is 0 Å². The van der Waals surface area contributed by atoms with Gasteiger partial charge in [0.2, 0.25) is 0 Å². The molecule has 0 fully saturated rings. The van der Waals surface area contributed by atoms with Gasteiger partial charge in [-0.15, -0.1) is 0 Å². The van der Waals surface area contributed by atoms with Gasteiger partial charge in [0.05, 0.1) is 6.61 Å². The molecule has 0 aromatic heterocycles. The van der Waals surface area contributed by atoms with E-state index in [1.54, 1.807) is 0 Å². The molecule has 0 radical (unpaired) electrons. The second kappa shape index (κ2) is 4.75. The summed E-state index contributed by atoms with van der Waals surface area (Å²) in [7, 11) is 0. The topological polar surface area (TPSA) is 46.5 Å². The molecule has 0 amide bonds. The molecule has 0 heterocycles. The molecule has 0 aliphatic carbocycles. The second-order valence-electron chi connectivity index (χ2n) is 3.29. The number of halogens is 3. The van der Waals surface area contributed by atoms with Crippen molar-refractivity contribution < 1.29 is 27.8 Å². The zero-order valence-corrected chi connectivity index (χ0v) is 8.99. The van der Waals surface area contributed by atoms with Crippen molar-refractivity contribution in [3.05, 3.63) is 35.9 Å². The van der Waals surface area contributed by atoms with E-state index in [9.17, 15) is 23.1 Å². The summed E-state index contributed by atoms with van der Waals surface area (Å²) in [5.74, 6) is -1.72. The molecule has 1 N–H and O–H groups in total. The van der Waals surface area contributed by atoms with Crippen molar-refractivity contribution in [2.45, 2.75) is 18.7 Å². The van der Waals surface area contributed by atoms with Crippen LogP contribution in [0.5, 0.6) is 0 Å². The summed E-state index contributed by atoms with van der Waals surface area (Å²) in [6.07, 6.45) is -5.14. The van der Waals surface area contributed by atoms with E-state index in [4.69, 9.17) is 0 Å². The molecular weight excluding hydrogens is 237 g/mol. The highest BCUT2D eigenvalue weighted by molar-refractivity contribution is 5.82. The summed E-state index contributed by atoms with van der Waals surface area (Å²) < 4.78 is 42.7. The smallest absolute Gasteiger partial charge is 0.432 e. The summed E-state index contributed by atoms with van der Waals surface area (Å²) in [4.78, 5) is 11.3. The summed E-state index contributed by atoms with van der Waals surface area (Å²) in [6, 6.07) is 6.11. The number of hydrogen-bond acceptors (Lipinski definition) is 3. The average Bonchev–Trinajstić information content (AvgIpc) is 2.28. The van der Waals surface area contributed by atoms with E-state index in [0.29, 0.717) is 0 Å². The Morgan fingerprint density at radius 3 is 2.24 bits per heavy atom. The first-order valence-corrected chi connectivity index (χ1v) is 4.86. The first kappa shape index (κ1) is 13.5. The van der Waals surface area contributed by atoms with Crippen LogP contribution in [-0.2, 0) is 15.1 Å². The van der Waals surface area contributed by atoms with E-state index in [2.05, 4.69) is 4.74 Å². The molecule has 0 aliphatic heterocycles. The Balaban J connectivity index is 3.26. The summed E-state index contributed by atoms with van der Waals surface area (Å²) >= 11 is 0. The molecule has 1 aromatic carbocycles. The van der Waals surface area contributed by atoms with Gasteiger partial charge in [0.15, 0.2) is 0 Å². The van der Waals surface area contributed by atoms with E-state index < -0.39 is 23.3 Å². The third kappa shape index (κ3) is 2.41. The molecule has 17 heavy (non-hydrogen) atoms. The molecule has 1 atom stereocenters. The number of esters is 1. The number of alkyl halides is 3. The van der Waals surface area contributed by atoms with Crippen LogP contribution in [0.1, 0.15) is 12.5 Å². The van der Waals surface area contributed by atoms with Crippen LogP contribution in [0.15, 0.2) is 30.3 Å². The van der Waals surface area contributed by atoms with Crippen molar-refractivity contribution in [2.24, 2.45) is 0 Å². The molecule has 1 rings (SSSR count).